The summed E-state index contributed by atoms with van der Waals surface area (Å²) in [4.78, 5) is 32.4. The van der Waals surface area contributed by atoms with Crippen molar-refractivity contribution in [3.8, 4) is 0 Å². The van der Waals surface area contributed by atoms with Crippen molar-refractivity contribution in [1.82, 2.24) is 14.8 Å². The molecule has 0 saturated carbocycles. The molecule has 0 saturated heterocycles. The summed E-state index contributed by atoms with van der Waals surface area (Å²) in [6, 6.07) is 6.63. The number of nitrogens with zero attached hydrogens (tertiary/aromatic N) is 2. The quantitative estimate of drug-likeness (QED) is 0.764. The second-order valence-corrected chi connectivity index (χ2v) is 7.90. The van der Waals surface area contributed by atoms with E-state index in [-0.39, 0.29) is 24.2 Å². The summed E-state index contributed by atoms with van der Waals surface area (Å²) in [7, 11) is 2.10. The number of hydrogen-bond donors (Lipinski definition) is 1. The number of nitrogens with one attached hydrogen (secondary N) is 1. The molecule has 0 bridgehead atoms. The molecule has 29 heavy (non-hydrogen) atoms. The number of fused-ring (bicyclic) bond motifs is 2. The topological polar surface area (TPSA) is 65.6 Å². The number of H-pyrrole nitrogens is 1. The predicted molar refractivity (Wildman–Crippen MR) is 113 cm³/mol. The number of esters is 1. The molecule has 0 spiro atoms. The number of ether oxygens (including phenoxy) is 1. The maximum Gasteiger partial charge on any atom is 0.307 e. The molecule has 154 valence electrons. The highest BCUT2D eigenvalue weighted by Crippen LogP contribution is 2.40. The van der Waals surface area contributed by atoms with Crippen molar-refractivity contribution >= 4 is 28.4 Å². The first-order valence-corrected chi connectivity index (χ1v) is 10.5. The summed E-state index contributed by atoms with van der Waals surface area (Å²) < 4.78 is 5.01. The molecule has 1 amide bonds. The first-order valence-electron chi connectivity index (χ1n) is 10.5. The molecule has 2 heterocycles. The van der Waals surface area contributed by atoms with Gasteiger partial charge in [-0.05, 0) is 50.1 Å². The number of carbonyl (C=O) groups is 2. The molecule has 0 unspecified atom stereocenters. The number of hydrogen-bond acceptors (Lipinski definition) is 4. The Morgan fingerprint density at radius 3 is 2.90 bits per heavy atom. The average Bonchev–Trinajstić information content (AvgIpc) is 3.13. The molecular formula is C23H29N3O3. The zero-order valence-electron chi connectivity index (χ0n) is 17.4. The summed E-state index contributed by atoms with van der Waals surface area (Å²) >= 11 is 0. The standard InChI is InChI=1S/C23H29N3O3/c1-4-26(10-9-21(27)29-5-2)23(28)16-11-18-17-7-6-8-19-22(17)15(13-24-19)12-20(18)25(3)14-16/h6-8,11,13,16,20,24H,4-5,9-10,12,14H2,1-3H3/t16-,20-/m1/s1. The van der Waals surface area contributed by atoms with Crippen LogP contribution >= 0.6 is 0 Å². The molecule has 2 aliphatic rings. The van der Waals surface area contributed by atoms with Crippen molar-refractivity contribution in [1.29, 1.82) is 0 Å². The predicted octanol–water partition coefficient (Wildman–Crippen LogP) is 2.84. The summed E-state index contributed by atoms with van der Waals surface area (Å²) in [5, 5.41) is 1.28. The molecule has 1 aromatic heterocycles. The third-order valence-corrected chi connectivity index (χ3v) is 6.17. The minimum absolute atomic E-state index is 0.0849. The van der Waals surface area contributed by atoms with Crippen LogP contribution in [0.25, 0.3) is 16.5 Å². The summed E-state index contributed by atoms with van der Waals surface area (Å²) in [6.45, 7) is 5.80. The number of aromatic amines is 1. The molecular weight excluding hydrogens is 366 g/mol. The average molecular weight is 396 g/mol. The van der Waals surface area contributed by atoms with Crippen LogP contribution in [0.5, 0.6) is 0 Å². The van der Waals surface area contributed by atoms with Gasteiger partial charge in [-0.25, -0.2) is 0 Å². The molecule has 0 fully saturated rings. The monoisotopic (exact) mass is 395 g/mol. The fourth-order valence-corrected chi connectivity index (χ4v) is 4.72. The van der Waals surface area contributed by atoms with Crippen LogP contribution in [0.3, 0.4) is 0 Å². The first-order chi connectivity index (χ1) is 14.0. The maximum atomic E-state index is 13.3. The van der Waals surface area contributed by atoms with Gasteiger partial charge < -0.3 is 14.6 Å². The number of aromatic nitrogens is 1. The van der Waals surface area contributed by atoms with Crippen molar-refractivity contribution in [3.05, 3.63) is 41.6 Å². The van der Waals surface area contributed by atoms with E-state index in [1.54, 1.807) is 11.8 Å². The van der Waals surface area contributed by atoms with Gasteiger partial charge in [-0.1, -0.05) is 18.2 Å². The van der Waals surface area contributed by atoms with E-state index in [0.717, 1.165) is 11.9 Å². The molecule has 6 nitrogen and oxygen atoms in total. The number of benzene rings is 1. The lowest BCUT2D eigenvalue weighted by molar-refractivity contribution is -0.144. The fourth-order valence-electron chi connectivity index (χ4n) is 4.72. The molecule has 2 aromatic rings. The van der Waals surface area contributed by atoms with Crippen LogP contribution in [0, 0.1) is 5.92 Å². The zero-order valence-corrected chi connectivity index (χ0v) is 17.4. The molecule has 1 aliphatic carbocycles. The van der Waals surface area contributed by atoms with Gasteiger partial charge in [0.15, 0.2) is 0 Å². The Morgan fingerprint density at radius 2 is 2.14 bits per heavy atom. The van der Waals surface area contributed by atoms with Gasteiger partial charge in [-0.15, -0.1) is 0 Å². The Bertz CT molecular complexity index is 961. The molecule has 4 rings (SSSR count). The number of likely N-dealkylation sites (N-methyl/N-ethyl adjacent to an activating group) is 1. The Balaban J connectivity index is 1.60. The van der Waals surface area contributed by atoms with Crippen molar-refractivity contribution in [2.24, 2.45) is 5.92 Å². The SMILES string of the molecule is CCOC(=O)CCN(CC)C(=O)[C@@H]1C=C2c3cccc4[nH]cc(c34)C[C@H]2N(C)C1. The Morgan fingerprint density at radius 1 is 1.31 bits per heavy atom. The first kappa shape index (κ1) is 19.7. The van der Waals surface area contributed by atoms with Crippen molar-refractivity contribution in [3.63, 3.8) is 0 Å². The zero-order chi connectivity index (χ0) is 20.5. The Kier molecular flexibility index (Phi) is 5.46. The molecule has 1 N–H and O–H groups in total. The molecule has 2 atom stereocenters. The third kappa shape index (κ3) is 3.57. The van der Waals surface area contributed by atoms with Crippen molar-refractivity contribution < 1.29 is 14.3 Å². The molecule has 0 radical (unpaired) electrons. The van der Waals surface area contributed by atoms with E-state index in [1.807, 2.05) is 6.92 Å². The maximum absolute atomic E-state index is 13.3. The van der Waals surface area contributed by atoms with E-state index in [1.165, 1.54) is 22.1 Å². The lowest BCUT2D eigenvalue weighted by Gasteiger charge is -2.40. The van der Waals surface area contributed by atoms with Crippen molar-refractivity contribution in [2.75, 3.05) is 33.3 Å². The minimum atomic E-state index is -0.253. The van der Waals surface area contributed by atoms with Gasteiger partial charge in [-0.2, -0.15) is 0 Å². The van der Waals surface area contributed by atoms with Gasteiger partial charge >= 0.3 is 5.97 Å². The Labute approximate surface area is 171 Å². The van der Waals surface area contributed by atoms with Gasteiger partial charge in [0.2, 0.25) is 5.91 Å². The number of amides is 1. The van der Waals surface area contributed by atoms with E-state index < -0.39 is 0 Å². The second kappa shape index (κ2) is 8.03. The van der Waals surface area contributed by atoms with E-state index in [2.05, 4.69) is 47.4 Å². The van der Waals surface area contributed by atoms with Crippen LogP contribution in [0.15, 0.2) is 30.5 Å². The van der Waals surface area contributed by atoms with Gasteiger partial charge in [0.05, 0.1) is 18.9 Å². The largest absolute Gasteiger partial charge is 0.466 e. The smallest absolute Gasteiger partial charge is 0.307 e. The molecule has 1 aliphatic heterocycles. The van der Waals surface area contributed by atoms with Gasteiger partial charge in [0.1, 0.15) is 0 Å². The van der Waals surface area contributed by atoms with E-state index >= 15 is 0 Å². The van der Waals surface area contributed by atoms with E-state index in [9.17, 15) is 9.59 Å². The molecule has 6 heteroatoms. The van der Waals surface area contributed by atoms with Crippen LogP contribution in [-0.2, 0) is 20.7 Å². The highest BCUT2D eigenvalue weighted by Gasteiger charge is 2.36. The fraction of sp³-hybridized carbons (Fsp3) is 0.478. The second-order valence-electron chi connectivity index (χ2n) is 7.90. The van der Waals surface area contributed by atoms with Gasteiger partial charge in [0, 0.05) is 42.8 Å². The minimum Gasteiger partial charge on any atom is -0.466 e. The van der Waals surface area contributed by atoms with Gasteiger partial charge in [-0.3, -0.25) is 14.5 Å². The van der Waals surface area contributed by atoms with Gasteiger partial charge in [0.25, 0.3) is 0 Å². The lowest BCUT2D eigenvalue weighted by atomic mass is 9.79. The normalized spacial score (nSPS) is 20.9. The van der Waals surface area contributed by atoms with Crippen LogP contribution < -0.4 is 0 Å². The van der Waals surface area contributed by atoms with E-state index in [4.69, 9.17) is 4.74 Å². The summed E-state index contributed by atoms with van der Waals surface area (Å²) in [5.74, 6) is -0.373. The van der Waals surface area contributed by atoms with E-state index in [0.29, 0.717) is 32.3 Å². The van der Waals surface area contributed by atoms with Crippen LogP contribution in [0.4, 0.5) is 0 Å². The number of rotatable bonds is 6. The highest BCUT2D eigenvalue weighted by molar-refractivity contribution is 5.99. The number of carbonyl (C=O) groups excluding carboxylic acids is 2. The van der Waals surface area contributed by atoms with Crippen molar-refractivity contribution in [2.45, 2.75) is 32.7 Å². The molecule has 1 aromatic carbocycles. The van der Waals surface area contributed by atoms with Crippen LogP contribution in [0.1, 0.15) is 31.4 Å². The van der Waals surface area contributed by atoms with Crippen LogP contribution in [0.2, 0.25) is 0 Å². The third-order valence-electron chi connectivity index (χ3n) is 6.17. The summed E-state index contributed by atoms with van der Waals surface area (Å²) in [6.07, 6.45) is 5.48. The van der Waals surface area contributed by atoms with Crippen LogP contribution in [-0.4, -0.2) is 66.0 Å². The summed E-state index contributed by atoms with van der Waals surface area (Å²) in [5.41, 5.74) is 4.97. The lowest BCUT2D eigenvalue weighted by Crippen LogP contribution is -2.48. The Hall–Kier alpha value is -2.60. The highest BCUT2D eigenvalue weighted by atomic mass is 16.5.